The molecule has 0 aliphatic carbocycles. The summed E-state index contributed by atoms with van der Waals surface area (Å²) in [6.45, 7) is 13.2. The highest BCUT2D eigenvalue weighted by Crippen LogP contribution is 2.36. The van der Waals surface area contributed by atoms with Crippen LogP contribution in [0.1, 0.15) is 54.0 Å². The summed E-state index contributed by atoms with van der Waals surface area (Å²) >= 11 is 0. The number of hydrogen-bond donors (Lipinski definition) is 2. The first-order valence-corrected chi connectivity index (χ1v) is 9.98. The normalized spacial score (nSPS) is 18.6. The van der Waals surface area contributed by atoms with Gasteiger partial charge >= 0.3 is 19.2 Å². The van der Waals surface area contributed by atoms with Gasteiger partial charge in [-0.2, -0.15) is 0 Å². The van der Waals surface area contributed by atoms with Crippen LogP contribution < -0.4 is 10.1 Å². The number of carbonyl (C=O) groups is 2. The number of amides is 1. The molecule has 1 unspecified atom stereocenters. The van der Waals surface area contributed by atoms with Crippen molar-refractivity contribution in [2.45, 2.75) is 77.7 Å². The van der Waals surface area contributed by atoms with Crippen LogP contribution in [0.4, 0.5) is 4.79 Å². The lowest BCUT2D eigenvalue weighted by Gasteiger charge is -2.32. The molecule has 1 atom stereocenters. The van der Waals surface area contributed by atoms with E-state index in [0.29, 0.717) is 11.3 Å². The number of aliphatic carboxylic acids is 1. The molecule has 2 N–H and O–H groups in total. The summed E-state index contributed by atoms with van der Waals surface area (Å²) < 4.78 is 22.8. The standard InChI is InChI=1S/C21H32BNO7/c1-19(2,3)28-18(26)23-16(17(24)25)12-14-9-8-10-15(11-14)27-13-22-29-20(4,5)21(6,7)30-22/h8-11,16H,12-13H2,1-7H3,(H,23,26)(H,24,25). The van der Waals surface area contributed by atoms with Gasteiger partial charge in [-0.1, -0.05) is 12.1 Å². The number of carboxylic acid groups (broad SMARTS) is 1. The molecule has 1 heterocycles. The van der Waals surface area contributed by atoms with E-state index in [2.05, 4.69) is 5.32 Å². The summed E-state index contributed by atoms with van der Waals surface area (Å²) in [5, 5.41) is 11.9. The Hall–Kier alpha value is -2.26. The summed E-state index contributed by atoms with van der Waals surface area (Å²) in [5.74, 6) is -0.590. The van der Waals surface area contributed by atoms with Gasteiger partial charge in [0.1, 0.15) is 23.9 Å². The zero-order valence-corrected chi connectivity index (χ0v) is 18.8. The van der Waals surface area contributed by atoms with Crippen LogP contribution >= 0.6 is 0 Å². The monoisotopic (exact) mass is 421 g/mol. The van der Waals surface area contributed by atoms with Gasteiger partial charge in [0.2, 0.25) is 0 Å². The fourth-order valence-electron chi connectivity index (χ4n) is 2.85. The molecule has 8 nitrogen and oxygen atoms in total. The van der Waals surface area contributed by atoms with E-state index in [-0.39, 0.29) is 12.9 Å². The number of carboxylic acids is 1. The maximum Gasteiger partial charge on any atom is 0.498 e. The second kappa shape index (κ2) is 8.85. The van der Waals surface area contributed by atoms with Gasteiger partial charge in [0.05, 0.1) is 11.2 Å². The van der Waals surface area contributed by atoms with Gasteiger partial charge in [-0.25, -0.2) is 9.59 Å². The predicted molar refractivity (Wildman–Crippen MR) is 113 cm³/mol. The fraction of sp³-hybridized carbons (Fsp3) is 0.619. The van der Waals surface area contributed by atoms with Crippen LogP contribution in [0.5, 0.6) is 5.75 Å². The van der Waals surface area contributed by atoms with Gasteiger partial charge in [0.25, 0.3) is 0 Å². The van der Waals surface area contributed by atoms with E-state index in [1.54, 1.807) is 45.0 Å². The van der Waals surface area contributed by atoms with Gasteiger partial charge in [0, 0.05) is 6.42 Å². The molecule has 166 valence electrons. The summed E-state index contributed by atoms with van der Waals surface area (Å²) in [6.07, 6.45) is -0.689. The molecule has 2 rings (SSSR count). The minimum absolute atomic E-state index is 0.0856. The van der Waals surface area contributed by atoms with Crippen LogP contribution in [-0.4, -0.2) is 53.6 Å². The number of benzene rings is 1. The van der Waals surface area contributed by atoms with Crippen molar-refractivity contribution < 1.29 is 33.5 Å². The molecule has 1 aromatic rings. The van der Waals surface area contributed by atoms with E-state index in [9.17, 15) is 14.7 Å². The summed E-state index contributed by atoms with van der Waals surface area (Å²) in [5.41, 5.74) is -0.894. The number of ether oxygens (including phenoxy) is 2. The smallest absolute Gasteiger partial charge is 0.496 e. The highest BCUT2D eigenvalue weighted by molar-refractivity contribution is 6.45. The van der Waals surface area contributed by atoms with Gasteiger partial charge in [-0.3, -0.25) is 0 Å². The maximum atomic E-state index is 11.9. The number of nitrogens with one attached hydrogen (secondary N) is 1. The molecule has 1 fully saturated rings. The first-order valence-electron chi connectivity index (χ1n) is 9.98. The molecule has 1 aliphatic rings. The molecule has 1 aliphatic heterocycles. The van der Waals surface area contributed by atoms with Crippen LogP contribution in [0.3, 0.4) is 0 Å². The number of carbonyl (C=O) groups excluding carboxylic acids is 1. The lowest BCUT2D eigenvalue weighted by molar-refractivity contribution is -0.139. The topological polar surface area (TPSA) is 103 Å². The second-order valence-electron chi connectivity index (χ2n) is 9.39. The Balaban J connectivity index is 1.97. The van der Waals surface area contributed by atoms with E-state index in [0.717, 1.165) is 0 Å². The SMILES string of the molecule is CC(C)(C)OC(=O)NC(Cc1cccc(OCB2OC(C)(C)C(C)(C)O2)c1)C(=O)O. The molecule has 0 spiro atoms. The van der Waals surface area contributed by atoms with Gasteiger partial charge in [0.15, 0.2) is 0 Å². The van der Waals surface area contributed by atoms with Crippen LogP contribution in [-0.2, 0) is 25.3 Å². The molecule has 0 aromatic heterocycles. The summed E-state index contributed by atoms with van der Waals surface area (Å²) in [6, 6.07) is 5.91. The van der Waals surface area contributed by atoms with E-state index in [1.807, 2.05) is 27.7 Å². The quantitative estimate of drug-likeness (QED) is 0.652. The Morgan fingerprint density at radius 2 is 1.77 bits per heavy atom. The molecule has 0 saturated carbocycles. The zero-order valence-electron chi connectivity index (χ0n) is 18.8. The van der Waals surface area contributed by atoms with Crippen LogP contribution in [0.25, 0.3) is 0 Å². The molecule has 1 saturated heterocycles. The Morgan fingerprint density at radius 1 is 1.17 bits per heavy atom. The van der Waals surface area contributed by atoms with Gasteiger partial charge in [-0.15, -0.1) is 0 Å². The minimum Gasteiger partial charge on any atom is -0.496 e. The van der Waals surface area contributed by atoms with Gasteiger partial charge < -0.3 is 29.2 Å². The summed E-state index contributed by atoms with van der Waals surface area (Å²) in [4.78, 5) is 23.5. The largest absolute Gasteiger partial charge is 0.498 e. The van der Waals surface area contributed by atoms with Crippen molar-refractivity contribution in [2.24, 2.45) is 0 Å². The third kappa shape index (κ3) is 6.63. The van der Waals surface area contributed by atoms with Crippen molar-refractivity contribution in [3.05, 3.63) is 29.8 Å². The molecular weight excluding hydrogens is 389 g/mol. The first-order chi connectivity index (χ1) is 13.7. The van der Waals surface area contributed by atoms with Crippen LogP contribution in [0, 0.1) is 0 Å². The van der Waals surface area contributed by atoms with Crippen molar-refractivity contribution in [1.29, 1.82) is 0 Å². The van der Waals surface area contributed by atoms with Crippen molar-refractivity contribution >= 4 is 19.2 Å². The lowest BCUT2D eigenvalue weighted by Crippen LogP contribution is -2.44. The average molecular weight is 421 g/mol. The Bertz CT molecular complexity index is 757. The Morgan fingerprint density at radius 3 is 2.30 bits per heavy atom. The Kier molecular flexibility index (Phi) is 7.09. The first kappa shape index (κ1) is 24.0. The average Bonchev–Trinajstić information content (AvgIpc) is 2.78. The van der Waals surface area contributed by atoms with E-state index in [1.165, 1.54) is 0 Å². The molecule has 1 aromatic carbocycles. The van der Waals surface area contributed by atoms with Gasteiger partial charge in [-0.05, 0) is 66.2 Å². The minimum atomic E-state index is -1.15. The summed E-state index contributed by atoms with van der Waals surface area (Å²) in [7, 11) is -0.501. The maximum absolute atomic E-state index is 11.9. The molecule has 30 heavy (non-hydrogen) atoms. The van der Waals surface area contributed by atoms with Crippen molar-refractivity contribution in [1.82, 2.24) is 5.32 Å². The highest BCUT2D eigenvalue weighted by atomic mass is 16.7. The lowest BCUT2D eigenvalue weighted by atomic mass is 9.90. The number of hydrogen-bond acceptors (Lipinski definition) is 6. The van der Waals surface area contributed by atoms with E-state index in [4.69, 9.17) is 18.8 Å². The molecular formula is C21H32BNO7. The second-order valence-corrected chi connectivity index (χ2v) is 9.39. The molecule has 0 bridgehead atoms. The van der Waals surface area contributed by atoms with Crippen molar-refractivity contribution in [2.75, 3.05) is 6.51 Å². The third-order valence-electron chi connectivity index (χ3n) is 5.02. The van der Waals surface area contributed by atoms with Crippen LogP contribution in [0.2, 0.25) is 0 Å². The van der Waals surface area contributed by atoms with Crippen LogP contribution in [0.15, 0.2) is 24.3 Å². The highest BCUT2D eigenvalue weighted by Gasteiger charge is 2.51. The van der Waals surface area contributed by atoms with Crippen molar-refractivity contribution in [3.8, 4) is 5.75 Å². The molecule has 0 radical (unpaired) electrons. The number of alkyl carbamates (subject to hydrolysis) is 1. The van der Waals surface area contributed by atoms with E-state index >= 15 is 0 Å². The Labute approximate surface area is 178 Å². The molecule has 9 heteroatoms. The predicted octanol–water partition coefficient (Wildman–Crippen LogP) is 3.22. The third-order valence-corrected chi connectivity index (χ3v) is 5.02. The molecule has 1 amide bonds. The fourth-order valence-corrected chi connectivity index (χ4v) is 2.85. The zero-order chi connectivity index (χ0) is 22.7. The van der Waals surface area contributed by atoms with E-state index < -0.39 is 42.0 Å². The van der Waals surface area contributed by atoms with Crippen molar-refractivity contribution in [3.63, 3.8) is 0 Å². The number of rotatable bonds is 7.